The van der Waals surface area contributed by atoms with Crippen molar-refractivity contribution in [2.24, 2.45) is 0 Å². The molecular formula is C23H26N4O. The van der Waals surface area contributed by atoms with Gasteiger partial charge >= 0.3 is 0 Å². The Balaban J connectivity index is 1.38. The average molecular weight is 374 g/mol. The van der Waals surface area contributed by atoms with Crippen molar-refractivity contribution in [3.05, 3.63) is 77.1 Å². The summed E-state index contributed by atoms with van der Waals surface area (Å²) in [6, 6.07) is 17.9. The highest BCUT2D eigenvalue weighted by molar-refractivity contribution is 6.04. The van der Waals surface area contributed by atoms with E-state index in [-0.39, 0.29) is 5.91 Å². The molecule has 1 N–H and O–H groups in total. The van der Waals surface area contributed by atoms with Crippen LogP contribution in [0.2, 0.25) is 0 Å². The minimum absolute atomic E-state index is 0.0911. The smallest absolute Gasteiger partial charge is 0.255 e. The summed E-state index contributed by atoms with van der Waals surface area (Å²) in [6.45, 7) is 7.00. The largest absolute Gasteiger partial charge is 0.372 e. The first-order valence-corrected chi connectivity index (χ1v) is 9.85. The van der Waals surface area contributed by atoms with Gasteiger partial charge in [-0.1, -0.05) is 12.1 Å². The van der Waals surface area contributed by atoms with Crippen LogP contribution in [0.1, 0.15) is 40.2 Å². The quantitative estimate of drug-likeness (QED) is 0.720. The van der Waals surface area contributed by atoms with E-state index >= 15 is 0 Å². The second-order valence-corrected chi connectivity index (χ2v) is 7.48. The summed E-state index contributed by atoms with van der Waals surface area (Å²) in [5.74, 6) is -0.0911. The maximum atomic E-state index is 12.5. The molecule has 0 radical (unpaired) electrons. The number of carbonyl (C=O) groups excluding carboxylic acids is 1. The van der Waals surface area contributed by atoms with Crippen molar-refractivity contribution in [1.82, 2.24) is 9.78 Å². The highest BCUT2D eigenvalue weighted by Gasteiger charge is 2.12. The molecule has 1 aliphatic rings. The van der Waals surface area contributed by atoms with Crippen LogP contribution in [0.5, 0.6) is 0 Å². The average Bonchev–Trinajstić information content (AvgIpc) is 3.33. The Labute approximate surface area is 166 Å². The third-order valence-corrected chi connectivity index (χ3v) is 5.25. The van der Waals surface area contributed by atoms with Gasteiger partial charge < -0.3 is 10.2 Å². The zero-order chi connectivity index (χ0) is 19.5. The SMILES string of the molecule is Cc1cc(C)n(Cc2ccc(C(=O)Nc3ccc(N4CCCC4)cc3)cc2)n1. The van der Waals surface area contributed by atoms with Gasteiger partial charge in [0.15, 0.2) is 0 Å². The van der Waals surface area contributed by atoms with Gasteiger partial charge in [0.05, 0.1) is 12.2 Å². The van der Waals surface area contributed by atoms with Crippen molar-refractivity contribution in [1.29, 1.82) is 0 Å². The van der Waals surface area contributed by atoms with E-state index in [2.05, 4.69) is 40.4 Å². The summed E-state index contributed by atoms with van der Waals surface area (Å²) in [5, 5.41) is 7.47. The fourth-order valence-corrected chi connectivity index (χ4v) is 3.70. The third kappa shape index (κ3) is 4.09. The number of nitrogens with one attached hydrogen (secondary N) is 1. The molecule has 1 aliphatic heterocycles. The molecule has 5 nitrogen and oxygen atoms in total. The summed E-state index contributed by atoms with van der Waals surface area (Å²) >= 11 is 0. The Morgan fingerprint density at radius 2 is 1.68 bits per heavy atom. The lowest BCUT2D eigenvalue weighted by Crippen LogP contribution is -2.17. The zero-order valence-corrected chi connectivity index (χ0v) is 16.5. The number of benzene rings is 2. The molecule has 1 amide bonds. The minimum atomic E-state index is -0.0911. The highest BCUT2D eigenvalue weighted by Crippen LogP contribution is 2.22. The Morgan fingerprint density at radius 3 is 2.29 bits per heavy atom. The van der Waals surface area contributed by atoms with Crippen LogP contribution < -0.4 is 10.2 Å². The fraction of sp³-hybridized carbons (Fsp3) is 0.304. The summed E-state index contributed by atoms with van der Waals surface area (Å²) in [6.07, 6.45) is 2.52. The number of rotatable bonds is 5. The monoisotopic (exact) mass is 374 g/mol. The fourth-order valence-electron chi connectivity index (χ4n) is 3.70. The summed E-state index contributed by atoms with van der Waals surface area (Å²) in [4.78, 5) is 14.9. The molecule has 4 rings (SSSR count). The number of aryl methyl sites for hydroxylation is 2. The first-order chi connectivity index (χ1) is 13.6. The van der Waals surface area contributed by atoms with Gasteiger partial charge in [0.2, 0.25) is 0 Å². The van der Waals surface area contributed by atoms with Gasteiger partial charge in [-0.05, 0) is 74.7 Å². The molecule has 5 heteroatoms. The third-order valence-electron chi connectivity index (χ3n) is 5.25. The molecule has 0 atom stereocenters. The zero-order valence-electron chi connectivity index (χ0n) is 16.5. The number of amides is 1. The molecule has 1 aromatic heterocycles. The molecule has 1 saturated heterocycles. The highest BCUT2D eigenvalue weighted by atomic mass is 16.1. The van der Waals surface area contributed by atoms with Crippen molar-refractivity contribution in [3.63, 3.8) is 0 Å². The normalized spacial score (nSPS) is 13.7. The molecule has 1 fully saturated rings. The van der Waals surface area contributed by atoms with E-state index in [1.54, 1.807) is 0 Å². The van der Waals surface area contributed by atoms with Crippen LogP contribution in [0.25, 0.3) is 0 Å². The van der Waals surface area contributed by atoms with E-state index in [9.17, 15) is 4.79 Å². The second kappa shape index (κ2) is 7.89. The lowest BCUT2D eigenvalue weighted by Gasteiger charge is -2.17. The predicted octanol–water partition coefficient (Wildman–Crippen LogP) is 4.40. The first kappa shape index (κ1) is 18.3. The van der Waals surface area contributed by atoms with Gasteiger partial charge in [0.25, 0.3) is 5.91 Å². The van der Waals surface area contributed by atoms with E-state index in [1.807, 2.05) is 48.0 Å². The van der Waals surface area contributed by atoms with Crippen LogP contribution in [0.3, 0.4) is 0 Å². The van der Waals surface area contributed by atoms with Crippen LogP contribution in [-0.2, 0) is 6.54 Å². The molecule has 3 aromatic rings. The molecule has 2 heterocycles. The maximum Gasteiger partial charge on any atom is 0.255 e. The van der Waals surface area contributed by atoms with E-state index in [1.165, 1.54) is 18.5 Å². The van der Waals surface area contributed by atoms with E-state index in [0.717, 1.165) is 35.7 Å². The molecule has 0 aliphatic carbocycles. The Kier molecular flexibility index (Phi) is 5.15. The number of nitrogens with zero attached hydrogens (tertiary/aromatic N) is 3. The summed E-state index contributed by atoms with van der Waals surface area (Å²) in [7, 11) is 0. The van der Waals surface area contributed by atoms with Crippen molar-refractivity contribution in [2.75, 3.05) is 23.3 Å². The molecule has 2 aromatic carbocycles. The second-order valence-electron chi connectivity index (χ2n) is 7.48. The Morgan fingerprint density at radius 1 is 1.00 bits per heavy atom. The minimum Gasteiger partial charge on any atom is -0.372 e. The van der Waals surface area contributed by atoms with Crippen LogP contribution in [0.15, 0.2) is 54.6 Å². The van der Waals surface area contributed by atoms with E-state index < -0.39 is 0 Å². The molecule has 28 heavy (non-hydrogen) atoms. The Hall–Kier alpha value is -3.08. The molecule has 144 valence electrons. The topological polar surface area (TPSA) is 50.2 Å². The number of hydrogen-bond donors (Lipinski definition) is 1. The molecule has 0 bridgehead atoms. The molecule has 0 spiro atoms. The summed E-state index contributed by atoms with van der Waals surface area (Å²) in [5.41, 5.74) is 5.98. The predicted molar refractivity (Wildman–Crippen MR) is 113 cm³/mol. The lowest BCUT2D eigenvalue weighted by molar-refractivity contribution is 0.102. The van der Waals surface area contributed by atoms with Crippen molar-refractivity contribution in [2.45, 2.75) is 33.2 Å². The van der Waals surface area contributed by atoms with Crippen molar-refractivity contribution >= 4 is 17.3 Å². The Bertz CT molecular complexity index is 951. The number of carbonyl (C=O) groups is 1. The number of anilines is 2. The van der Waals surface area contributed by atoms with Crippen LogP contribution >= 0.6 is 0 Å². The molecule has 0 saturated carbocycles. The van der Waals surface area contributed by atoms with Crippen LogP contribution in [0, 0.1) is 13.8 Å². The van der Waals surface area contributed by atoms with Gasteiger partial charge in [-0.15, -0.1) is 0 Å². The van der Waals surface area contributed by atoms with Crippen molar-refractivity contribution in [3.8, 4) is 0 Å². The van der Waals surface area contributed by atoms with Gasteiger partial charge in [-0.2, -0.15) is 5.10 Å². The van der Waals surface area contributed by atoms with Gasteiger partial charge in [-0.3, -0.25) is 9.48 Å². The molecule has 0 unspecified atom stereocenters. The van der Waals surface area contributed by atoms with E-state index in [4.69, 9.17) is 0 Å². The number of hydrogen-bond acceptors (Lipinski definition) is 3. The van der Waals surface area contributed by atoms with Crippen LogP contribution in [-0.4, -0.2) is 28.8 Å². The van der Waals surface area contributed by atoms with Gasteiger partial charge in [0.1, 0.15) is 0 Å². The van der Waals surface area contributed by atoms with Crippen molar-refractivity contribution < 1.29 is 4.79 Å². The number of aromatic nitrogens is 2. The molecular weight excluding hydrogens is 348 g/mol. The lowest BCUT2D eigenvalue weighted by atomic mass is 10.1. The standard InChI is InChI=1S/C23H26N4O/c1-17-15-18(2)27(25-17)16-19-5-7-20(8-6-19)23(28)24-21-9-11-22(12-10-21)26-13-3-4-14-26/h5-12,15H,3-4,13-14,16H2,1-2H3,(H,24,28). The van der Waals surface area contributed by atoms with Gasteiger partial charge in [0, 0.05) is 35.7 Å². The maximum absolute atomic E-state index is 12.5. The van der Waals surface area contributed by atoms with Crippen LogP contribution in [0.4, 0.5) is 11.4 Å². The summed E-state index contributed by atoms with van der Waals surface area (Å²) < 4.78 is 1.98. The van der Waals surface area contributed by atoms with Gasteiger partial charge in [-0.25, -0.2) is 0 Å². The first-order valence-electron chi connectivity index (χ1n) is 9.85. The van der Waals surface area contributed by atoms with E-state index in [0.29, 0.717) is 12.1 Å².